The predicted octanol–water partition coefficient (Wildman–Crippen LogP) is 3.40. The second-order valence-electron chi connectivity index (χ2n) is 5.49. The maximum Gasteiger partial charge on any atom is 0.422 e. The molecule has 7 heteroatoms. The van der Waals surface area contributed by atoms with Crippen LogP contribution in [0.25, 0.3) is 0 Å². The van der Waals surface area contributed by atoms with Crippen LogP contribution in [0.1, 0.15) is 25.3 Å². The van der Waals surface area contributed by atoms with Gasteiger partial charge >= 0.3 is 6.18 Å². The highest BCUT2D eigenvalue weighted by molar-refractivity contribution is 5.80. The van der Waals surface area contributed by atoms with Crippen LogP contribution in [0.5, 0.6) is 5.75 Å². The first-order valence-electron chi connectivity index (χ1n) is 7.95. The van der Waals surface area contributed by atoms with E-state index in [2.05, 4.69) is 27.8 Å². The van der Waals surface area contributed by atoms with E-state index in [1.54, 1.807) is 18.2 Å². The summed E-state index contributed by atoms with van der Waals surface area (Å²) in [5.74, 6) is 0.855. The highest BCUT2D eigenvalue weighted by Gasteiger charge is 2.28. The second-order valence-corrected chi connectivity index (χ2v) is 5.49. The molecule has 1 aliphatic rings. The number of nitrogens with one attached hydrogen (secondary N) is 2. The van der Waals surface area contributed by atoms with Gasteiger partial charge in [0.2, 0.25) is 0 Å². The van der Waals surface area contributed by atoms with Crippen LogP contribution in [-0.2, 0) is 6.54 Å². The molecule has 4 nitrogen and oxygen atoms in total. The molecule has 0 unspecified atom stereocenters. The minimum absolute atomic E-state index is 0.206. The average molecular weight is 341 g/mol. The van der Waals surface area contributed by atoms with Crippen LogP contribution in [0.2, 0.25) is 0 Å². The number of hydrogen-bond donors (Lipinski definition) is 2. The summed E-state index contributed by atoms with van der Waals surface area (Å²) in [5.41, 5.74) is 0.614. The molecule has 0 bridgehead atoms. The number of halogens is 3. The Labute approximate surface area is 139 Å². The van der Waals surface area contributed by atoms with Crippen LogP contribution >= 0.6 is 0 Å². The van der Waals surface area contributed by atoms with E-state index in [1.807, 2.05) is 6.92 Å². The molecule has 2 N–H and O–H groups in total. The summed E-state index contributed by atoms with van der Waals surface area (Å²) in [4.78, 5) is 4.46. The Kier molecular flexibility index (Phi) is 6.52. The van der Waals surface area contributed by atoms with Crippen LogP contribution in [0.4, 0.5) is 13.2 Å². The van der Waals surface area contributed by atoms with E-state index < -0.39 is 12.8 Å². The van der Waals surface area contributed by atoms with Crippen molar-refractivity contribution in [1.82, 2.24) is 10.6 Å². The van der Waals surface area contributed by atoms with Gasteiger partial charge in [-0.2, -0.15) is 13.2 Å². The van der Waals surface area contributed by atoms with Crippen molar-refractivity contribution in [2.24, 2.45) is 4.99 Å². The Balaban J connectivity index is 2.01. The van der Waals surface area contributed by atoms with Crippen molar-refractivity contribution >= 4 is 5.96 Å². The standard InChI is InChI=1S/C17H22F3N3O/c1-2-21-16(23-14-8-4-5-9-14)22-11-13-7-3-6-10-15(13)24-12-17(18,19)20/h3-7,10,14H,2,8-9,11-12H2,1H3,(H2,21,22,23). The molecule has 2 rings (SSSR count). The van der Waals surface area contributed by atoms with Gasteiger partial charge in [-0.15, -0.1) is 0 Å². The number of benzene rings is 1. The molecule has 0 radical (unpaired) electrons. The van der Waals surface area contributed by atoms with Crippen LogP contribution < -0.4 is 15.4 Å². The molecular formula is C17H22F3N3O. The quantitative estimate of drug-likeness (QED) is 0.474. The second kappa shape index (κ2) is 8.61. The molecule has 0 saturated carbocycles. The SMILES string of the molecule is CCNC(=NCc1ccccc1OCC(F)(F)F)NC1CC=CC1. The monoisotopic (exact) mass is 341 g/mol. The first-order valence-corrected chi connectivity index (χ1v) is 7.95. The molecule has 0 heterocycles. The Bertz CT molecular complexity index is 577. The molecule has 0 aromatic heterocycles. The fourth-order valence-corrected chi connectivity index (χ4v) is 2.35. The maximum atomic E-state index is 12.3. The van der Waals surface area contributed by atoms with Gasteiger partial charge in [0, 0.05) is 18.2 Å². The minimum atomic E-state index is -4.36. The van der Waals surface area contributed by atoms with Gasteiger partial charge in [0.25, 0.3) is 0 Å². The number of alkyl halides is 3. The number of hydrogen-bond acceptors (Lipinski definition) is 2. The van der Waals surface area contributed by atoms with E-state index in [9.17, 15) is 13.2 Å². The van der Waals surface area contributed by atoms with Crippen molar-refractivity contribution in [3.63, 3.8) is 0 Å². The Morgan fingerprint density at radius 1 is 1.25 bits per heavy atom. The molecule has 0 atom stereocenters. The summed E-state index contributed by atoms with van der Waals surface area (Å²) in [5, 5.41) is 6.46. The van der Waals surface area contributed by atoms with E-state index in [0.717, 1.165) is 12.8 Å². The first-order chi connectivity index (χ1) is 11.5. The van der Waals surface area contributed by atoms with Gasteiger partial charge in [-0.05, 0) is 25.8 Å². The number of ether oxygens (including phenoxy) is 1. The molecule has 132 valence electrons. The van der Waals surface area contributed by atoms with Gasteiger partial charge < -0.3 is 15.4 Å². The molecule has 0 fully saturated rings. The van der Waals surface area contributed by atoms with Gasteiger partial charge in [0.15, 0.2) is 12.6 Å². The lowest BCUT2D eigenvalue weighted by molar-refractivity contribution is -0.153. The zero-order chi connectivity index (χ0) is 17.4. The molecule has 1 aliphatic carbocycles. The fourth-order valence-electron chi connectivity index (χ4n) is 2.35. The molecular weight excluding hydrogens is 319 g/mol. The minimum Gasteiger partial charge on any atom is -0.484 e. The van der Waals surface area contributed by atoms with Gasteiger partial charge in [-0.3, -0.25) is 0 Å². The summed E-state index contributed by atoms with van der Waals surface area (Å²) in [6.45, 7) is 1.60. The van der Waals surface area contributed by atoms with Crippen molar-refractivity contribution in [3.8, 4) is 5.75 Å². The van der Waals surface area contributed by atoms with E-state index in [0.29, 0.717) is 24.1 Å². The predicted molar refractivity (Wildman–Crippen MR) is 88.1 cm³/mol. The van der Waals surface area contributed by atoms with Crippen LogP contribution in [0.3, 0.4) is 0 Å². The molecule has 1 aromatic rings. The van der Waals surface area contributed by atoms with E-state index in [1.165, 1.54) is 6.07 Å². The highest BCUT2D eigenvalue weighted by Crippen LogP contribution is 2.22. The van der Waals surface area contributed by atoms with Gasteiger partial charge in [0.05, 0.1) is 6.54 Å². The number of guanidine groups is 1. The Morgan fingerprint density at radius 2 is 1.96 bits per heavy atom. The average Bonchev–Trinajstić information content (AvgIpc) is 3.04. The van der Waals surface area contributed by atoms with Crippen LogP contribution in [0, 0.1) is 0 Å². The smallest absolute Gasteiger partial charge is 0.422 e. The van der Waals surface area contributed by atoms with Crippen molar-refractivity contribution in [2.45, 2.75) is 38.5 Å². The van der Waals surface area contributed by atoms with Crippen molar-refractivity contribution < 1.29 is 17.9 Å². The lowest BCUT2D eigenvalue weighted by Gasteiger charge is -2.17. The first kappa shape index (κ1) is 18.2. The van der Waals surface area contributed by atoms with Crippen molar-refractivity contribution in [3.05, 3.63) is 42.0 Å². The van der Waals surface area contributed by atoms with Crippen LogP contribution in [0.15, 0.2) is 41.4 Å². The third-order valence-corrected chi connectivity index (χ3v) is 3.46. The largest absolute Gasteiger partial charge is 0.484 e. The molecule has 0 amide bonds. The van der Waals surface area contributed by atoms with Gasteiger partial charge in [-0.1, -0.05) is 30.4 Å². The maximum absolute atomic E-state index is 12.3. The zero-order valence-corrected chi connectivity index (χ0v) is 13.6. The highest BCUT2D eigenvalue weighted by atomic mass is 19.4. The van der Waals surface area contributed by atoms with Crippen molar-refractivity contribution in [2.75, 3.05) is 13.2 Å². The Hall–Kier alpha value is -2.18. The third-order valence-electron chi connectivity index (χ3n) is 3.46. The number of nitrogens with zero attached hydrogens (tertiary/aromatic N) is 1. The van der Waals surface area contributed by atoms with E-state index in [-0.39, 0.29) is 12.3 Å². The van der Waals surface area contributed by atoms with E-state index in [4.69, 9.17) is 4.74 Å². The Morgan fingerprint density at radius 3 is 2.62 bits per heavy atom. The third kappa shape index (κ3) is 6.14. The fraction of sp³-hybridized carbons (Fsp3) is 0.471. The number of rotatable bonds is 6. The molecule has 24 heavy (non-hydrogen) atoms. The number of aliphatic imine (C=N–C) groups is 1. The number of para-hydroxylation sites is 1. The van der Waals surface area contributed by atoms with Gasteiger partial charge in [0.1, 0.15) is 5.75 Å². The topological polar surface area (TPSA) is 45.7 Å². The molecule has 0 spiro atoms. The molecule has 0 aliphatic heterocycles. The summed E-state index contributed by atoms with van der Waals surface area (Å²) in [6.07, 6.45) is 1.75. The van der Waals surface area contributed by atoms with E-state index >= 15 is 0 Å². The van der Waals surface area contributed by atoms with Crippen molar-refractivity contribution in [1.29, 1.82) is 0 Å². The summed E-state index contributed by atoms with van der Waals surface area (Å²) in [6, 6.07) is 6.95. The normalized spacial score (nSPS) is 15.6. The zero-order valence-electron chi connectivity index (χ0n) is 13.6. The molecule has 0 saturated heterocycles. The van der Waals surface area contributed by atoms with Crippen LogP contribution in [-0.4, -0.2) is 31.3 Å². The summed E-state index contributed by atoms with van der Waals surface area (Å²) < 4.78 is 41.9. The summed E-state index contributed by atoms with van der Waals surface area (Å²) in [7, 11) is 0. The van der Waals surface area contributed by atoms with Gasteiger partial charge in [-0.25, -0.2) is 4.99 Å². The molecule has 1 aromatic carbocycles. The lowest BCUT2D eigenvalue weighted by Crippen LogP contribution is -2.42. The summed E-state index contributed by atoms with van der Waals surface area (Å²) >= 11 is 0. The lowest BCUT2D eigenvalue weighted by atomic mass is 10.2.